The molecular weight excluding hydrogens is 301 g/mol. The third-order valence-corrected chi connectivity index (χ3v) is 3.01. The van der Waals surface area contributed by atoms with E-state index in [1.165, 1.54) is 0 Å². The summed E-state index contributed by atoms with van der Waals surface area (Å²) in [6.07, 6.45) is 0.817. The van der Waals surface area contributed by atoms with Crippen LogP contribution in [0.15, 0.2) is 35.9 Å². The average molecular weight is 319 g/mol. The van der Waals surface area contributed by atoms with Crippen molar-refractivity contribution >= 4 is 23.2 Å². The highest BCUT2D eigenvalue weighted by Gasteiger charge is 2.12. The van der Waals surface area contributed by atoms with E-state index >= 15 is 0 Å². The first-order valence-electron chi connectivity index (χ1n) is 5.79. The molecule has 0 saturated heterocycles. The van der Waals surface area contributed by atoms with E-state index in [4.69, 9.17) is 23.2 Å². The van der Waals surface area contributed by atoms with Crippen LogP contribution in [-0.4, -0.2) is 31.7 Å². The van der Waals surface area contributed by atoms with Crippen molar-refractivity contribution in [3.63, 3.8) is 0 Å². The summed E-state index contributed by atoms with van der Waals surface area (Å²) in [5.41, 5.74) is 0.987. The molecular formula is C15H18Cl3N. The Morgan fingerprint density at radius 1 is 1.26 bits per heavy atom. The molecule has 0 bridgehead atoms. The number of quaternary nitrogens is 1. The van der Waals surface area contributed by atoms with Gasteiger partial charge in [0.25, 0.3) is 0 Å². The van der Waals surface area contributed by atoms with Gasteiger partial charge in [0.2, 0.25) is 0 Å². The van der Waals surface area contributed by atoms with Crippen molar-refractivity contribution in [2.45, 2.75) is 6.42 Å². The van der Waals surface area contributed by atoms with Crippen LogP contribution < -0.4 is 12.4 Å². The Bertz CT molecular complexity index is 466. The highest BCUT2D eigenvalue weighted by atomic mass is 35.5. The Hall–Kier alpha value is -0.650. The number of halogens is 3. The van der Waals surface area contributed by atoms with Crippen LogP contribution in [0.1, 0.15) is 12.0 Å². The van der Waals surface area contributed by atoms with Crippen LogP contribution in [0.4, 0.5) is 0 Å². The molecule has 1 nitrogen and oxygen atoms in total. The highest BCUT2D eigenvalue weighted by molar-refractivity contribution is 6.30. The molecule has 0 atom stereocenters. The summed E-state index contributed by atoms with van der Waals surface area (Å²) in [5.74, 6) is 6.33. The molecule has 0 amide bonds. The summed E-state index contributed by atoms with van der Waals surface area (Å²) in [7, 11) is 4.27. The van der Waals surface area contributed by atoms with Crippen LogP contribution in [0, 0.1) is 11.8 Å². The first-order chi connectivity index (χ1) is 8.39. The lowest BCUT2D eigenvalue weighted by Crippen LogP contribution is -3.00. The molecule has 0 aromatic heterocycles. The molecule has 1 aromatic carbocycles. The minimum atomic E-state index is 0. The molecule has 0 N–H and O–H groups in total. The van der Waals surface area contributed by atoms with Crippen LogP contribution in [-0.2, 0) is 0 Å². The molecule has 0 radical (unpaired) electrons. The monoisotopic (exact) mass is 317 g/mol. The fourth-order valence-corrected chi connectivity index (χ4v) is 1.60. The van der Waals surface area contributed by atoms with E-state index in [1.807, 2.05) is 24.3 Å². The predicted octanol–water partition coefficient (Wildman–Crippen LogP) is 0.914. The number of benzene rings is 1. The summed E-state index contributed by atoms with van der Waals surface area (Å²) in [5, 5.41) is 1.43. The Labute approximate surface area is 132 Å². The van der Waals surface area contributed by atoms with E-state index in [2.05, 4.69) is 32.5 Å². The van der Waals surface area contributed by atoms with Crippen molar-refractivity contribution in [1.82, 2.24) is 0 Å². The summed E-state index contributed by atoms with van der Waals surface area (Å²) in [6.45, 7) is 5.43. The Morgan fingerprint density at radius 3 is 2.37 bits per heavy atom. The van der Waals surface area contributed by atoms with Gasteiger partial charge in [0, 0.05) is 22.0 Å². The van der Waals surface area contributed by atoms with E-state index in [-0.39, 0.29) is 12.4 Å². The minimum absolute atomic E-state index is 0. The molecule has 0 aliphatic carbocycles. The lowest BCUT2D eigenvalue weighted by Gasteiger charge is -2.27. The van der Waals surface area contributed by atoms with Crippen molar-refractivity contribution < 1.29 is 16.9 Å². The van der Waals surface area contributed by atoms with Crippen molar-refractivity contribution in [2.75, 3.05) is 27.2 Å². The Morgan fingerprint density at radius 2 is 1.84 bits per heavy atom. The second-order valence-corrected chi connectivity index (χ2v) is 5.86. The van der Waals surface area contributed by atoms with Crippen molar-refractivity contribution in [1.29, 1.82) is 0 Å². The molecule has 0 aliphatic rings. The SMILES string of the molecule is C=C(Cl)CC[N+](C)(C)CC#Cc1ccc(Cl)cc1.[Cl-]. The summed E-state index contributed by atoms with van der Waals surface area (Å²) in [4.78, 5) is 0. The molecule has 0 spiro atoms. The van der Waals surface area contributed by atoms with Crippen molar-refractivity contribution in [2.24, 2.45) is 0 Å². The third kappa shape index (κ3) is 8.18. The van der Waals surface area contributed by atoms with E-state index in [9.17, 15) is 0 Å². The molecule has 104 valence electrons. The molecule has 0 unspecified atom stereocenters. The van der Waals surface area contributed by atoms with Gasteiger partial charge >= 0.3 is 0 Å². The normalized spacial score (nSPS) is 10.1. The Kier molecular flexibility index (Phi) is 8.22. The van der Waals surface area contributed by atoms with Crippen molar-refractivity contribution in [3.05, 3.63) is 46.5 Å². The van der Waals surface area contributed by atoms with E-state index in [1.54, 1.807) is 0 Å². The fraction of sp³-hybridized carbons (Fsp3) is 0.333. The number of nitrogens with zero attached hydrogens (tertiary/aromatic N) is 1. The summed E-state index contributed by atoms with van der Waals surface area (Å²) in [6, 6.07) is 7.55. The average Bonchev–Trinajstić information content (AvgIpc) is 2.29. The second kappa shape index (κ2) is 8.51. The Balaban J connectivity index is 0.00000324. The second-order valence-electron chi connectivity index (χ2n) is 4.89. The smallest absolute Gasteiger partial charge is 0.140 e. The zero-order valence-electron chi connectivity index (χ0n) is 11.2. The zero-order chi connectivity index (χ0) is 13.6. The van der Waals surface area contributed by atoms with E-state index in [0.29, 0.717) is 5.03 Å². The molecule has 1 rings (SSSR count). The van der Waals surface area contributed by atoms with Gasteiger partial charge in [0.05, 0.1) is 20.6 Å². The van der Waals surface area contributed by atoms with Gasteiger partial charge in [-0.3, -0.25) is 0 Å². The van der Waals surface area contributed by atoms with Gasteiger partial charge in [-0.2, -0.15) is 0 Å². The number of rotatable bonds is 4. The summed E-state index contributed by atoms with van der Waals surface area (Å²) >= 11 is 11.6. The standard InChI is InChI=1S/C15H18Cl2N.ClH/c1-13(16)10-12-18(2,3)11-4-5-14-6-8-15(17)9-7-14;/h6-9H,1,10-12H2,2-3H3;1H/q+1;/p-1. The molecule has 0 aliphatic heterocycles. The van der Waals surface area contributed by atoms with Crippen molar-refractivity contribution in [3.8, 4) is 11.8 Å². The molecule has 1 aromatic rings. The van der Waals surface area contributed by atoms with Gasteiger partial charge in [-0.25, -0.2) is 0 Å². The van der Waals surface area contributed by atoms with E-state index in [0.717, 1.165) is 34.6 Å². The van der Waals surface area contributed by atoms with Crippen LogP contribution in [0.3, 0.4) is 0 Å². The van der Waals surface area contributed by atoms with Gasteiger partial charge in [-0.05, 0) is 30.2 Å². The van der Waals surface area contributed by atoms with Crippen LogP contribution in [0.5, 0.6) is 0 Å². The first-order valence-corrected chi connectivity index (χ1v) is 6.54. The van der Waals surface area contributed by atoms with Crippen LogP contribution in [0.2, 0.25) is 5.02 Å². The molecule has 19 heavy (non-hydrogen) atoms. The predicted molar refractivity (Wildman–Crippen MR) is 79.8 cm³/mol. The molecule has 4 heteroatoms. The minimum Gasteiger partial charge on any atom is -1.00 e. The maximum Gasteiger partial charge on any atom is 0.140 e. The van der Waals surface area contributed by atoms with Gasteiger partial charge < -0.3 is 16.9 Å². The van der Waals surface area contributed by atoms with Gasteiger partial charge in [-0.1, -0.05) is 35.7 Å². The van der Waals surface area contributed by atoms with Crippen LogP contribution >= 0.6 is 23.2 Å². The largest absolute Gasteiger partial charge is 1.00 e. The van der Waals surface area contributed by atoms with Gasteiger partial charge in [0.1, 0.15) is 6.54 Å². The van der Waals surface area contributed by atoms with Gasteiger partial charge in [0.15, 0.2) is 0 Å². The lowest BCUT2D eigenvalue weighted by molar-refractivity contribution is -0.882. The first kappa shape index (κ1) is 18.4. The highest BCUT2D eigenvalue weighted by Crippen LogP contribution is 2.09. The quantitative estimate of drug-likeness (QED) is 0.572. The van der Waals surface area contributed by atoms with Gasteiger partial charge in [-0.15, -0.1) is 0 Å². The maximum absolute atomic E-state index is 5.82. The summed E-state index contributed by atoms with van der Waals surface area (Å²) < 4.78 is 0.812. The van der Waals surface area contributed by atoms with E-state index < -0.39 is 0 Å². The number of hydrogen-bond acceptors (Lipinski definition) is 0. The lowest BCUT2D eigenvalue weighted by atomic mass is 10.2. The maximum atomic E-state index is 5.82. The third-order valence-electron chi connectivity index (χ3n) is 2.57. The molecule has 0 fully saturated rings. The fourth-order valence-electron chi connectivity index (χ4n) is 1.39. The molecule has 0 saturated carbocycles. The van der Waals surface area contributed by atoms with Crippen LogP contribution in [0.25, 0.3) is 0 Å². The molecule has 0 heterocycles. The zero-order valence-corrected chi connectivity index (χ0v) is 13.5. The topological polar surface area (TPSA) is 0 Å². The number of hydrogen-bond donors (Lipinski definition) is 0.